The molecule has 0 fully saturated rings. The lowest BCUT2D eigenvalue weighted by Crippen LogP contribution is -2.28. The number of esters is 1. The minimum absolute atomic E-state index is 0.0549. The van der Waals surface area contributed by atoms with Gasteiger partial charge in [-0.15, -0.1) is 0 Å². The van der Waals surface area contributed by atoms with Gasteiger partial charge in [0.2, 0.25) is 5.91 Å². The van der Waals surface area contributed by atoms with Crippen LogP contribution in [0.5, 0.6) is 0 Å². The first-order valence-corrected chi connectivity index (χ1v) is 5.92. The van der Waals surface area contributed by atoms with Gasteiger partial charge in [-0.25, -0.2) is 0 Å². The van der Waals surface area contributed by atoms with Crippen molar-refractivity contribution in [2.75, 3.05) is 13.7 Å². The van der Waals surface area contributed by atoms with E-state index in [0.717, 1.165) is 32.2 Å². The highest BCUT2D eigenvalue weighted by Gasteiger charge is 2.04. The molecule has 0 saturated heterocycles. The first-order valence-electron chi connectivity index (χ1n) is 5.92. The summed E-state index contributed by atoms with van der Waals surface area (Å²) in [4.78, 5) is 22.0. The summed E-state index contributed by atoms with van der Waals surface area (Å²) in [6, 6.07) is 0. The van der Waals surface area contributed by atoms with Gasteiger partial charge in [0, 0.05) is 18.9 Å². The van der Waals surface area contributed by atoms with Crippen LogP contribution >= 0.6 is 0 Å². The lowest BCUT2D eigenvalue weighted by molar-refractivity contribution is -0.140. The van der Waals surface area contributed by atoms with E-state index in [4.69, 9.17) is 0 Å². The van der Waals surface area contributed by atoms with E-state index in [2.05, 4.69) is 10.1 Å². The molecule has 0 atom stereocenters. The Kier molecular flexibility index (Phi) is 8.58. The zero-order valence-corrected chi connectivity index (χ0v) is 10.5. The average molecular weight is 229 g/mol. The number of amides is 1. The Morgan fingerprint density at radius 3 is 2.31 bits per heavy atom. The van der Waals surface area contributed by atoms with Gasteiger partial charge in [0.15, 0.2) is 0 Å². The van der Waals surface area contributed by atoms with E-state index in [-0.39, 0.29) is 17.8 Å². The van der Waals surface area contributed by atoms with E-state index in [1.807, 2.05) is 13.8 Å². The number of carbonyl (C=O) groups excluding carboxylic acids is 2. The number of methoxy groups -OCH3 is 1. The van der Waals surface area contributed by atoms with Gasteiger partial charge in [-0.3, -0.25) is 9.59 Å². The maximum absolute atomic E-state index is 11.2. The third kappa shape index (κ3) is 8.26. The maximum Gasteiger partial charge on any atom is 0.305 e. The molecule has 4 nitrogen and oxygen atoms in total. The first-order chi connectivity index (χ1) is 7.57. The molecule has 0 bridgehead atoms. The van der Waals surface area contributed by atoms with Crippen molar-refractivity contribution in [2.24, 2.45) is 5.92 Å². The van der Waals surface area contributed by atoms with Crippen LogP contribution in [0.25, 0.3) is 0 Å². The molecule has 4 heteroatoms. The summed E-state index contributed by atoms with van der Waals surface area (Å²) >= 11 is 0. The number of hydrogen-bond acceptors (Lipinski definition) is 3. The number of nitrogens with one attached hydrogen (secondary N) is 1. The molecule has 0 radical (unpaired) electrons. The fourth-order valence-electron chi connectivity index (χ4n) is 1.27. The zero-order chi connectivity index (χ0) is 12.4. The van der Waals surface area contributed by atoms with E-state index >= 15 is 0 Å². The number of carbonyl (C=O) groups is 2. The summed E-state index contributed by atoms with van der Waals surface area (Å²) in [5.74, 6) is 0.0157. The van der Waals surface area contributed by atoms with Gasteiger partial charge in [0.05, 0.1) is 7.11 Å². The predicted molar refractivity (Wildman–Crippen MR) is 62.9 cm³/mol. The summed E-state index contributed by atoms with van der Waals surface area (Å²) in [6.07, 6.45) is 4.38. The summed E-state index contributed by atoms with van der Waals surface area (Å²) in [6.45, 7) is 4.49. The van der Waals surface area contributed by atoms with Crippen LogP contribution in [-0.2, 0) is 14.3 Å². The second-order valence-electron chi connectivity index (χ2n) is 4.19. The summed E-state index contributed by atoms with van der Waals surface area (Å²) in [5, 5.41) is 2.86. The van der Waals surface area contributed by atoms with Crippen LogP contribution in [0, 0.1) is 5.92 Å². The van der Waals surface area contributed by atoms with Gasteiger partial charge in [0.25, 0.3) is 0 Å². The van der Waals surface area contributed by atoms with Crippen molar-refractivity contribution in [1.29, 1.82) is 0 Å². The van der Waals surface area contributed by atoms with Crippen LogP contribution in [0.2, 0.25) is 0 Å². The van der Waals surface area contributed by atoms with Crippen LogP contribution in [0.15, 0.2) is 0 Å². The highest BCUT2D eigenvalue weighted by Crippen LogP contribution is 2.03. The van der Waals surface area contributed by atoms with Crippen LogP contribution < -0.4 is 5.32 Å². The Hall–Kier alpha value is -1.06. The van der Waals surface area contributed by atoms with Crippen molar-refractivity contribution >= 4 is 11.9 Å². The summed E-state index contributed by atoms with van der Waals surface area (Å²) < 4.78 is 4.54. The van der Waals surface area contributed by atoms with Crippen LogP contribution in [-0.4, -0.2) is 25.5 Å². The molecule has 1 amide bonds. The molecule has 1 N–H and O–H groups in total. The molecule has 0 aliphatic heterocycles. The van der Waals surface area contributed by atoms with Gasteiger partial charge >= 0.3 is 5.97 Å². The molecule has 0 aliphatic rings. The Morgan fingerprint density at radius 1 is 1.12 bits per heavy atom. The molecule has 0 spiro atoms. The van der Waals surface area contributed by atoms with Gasteiger partial charge < -0.3 is 10.1 Å². The third-order valence-corrected chi connectivity index (χ3v) is 2.36. The monoisotopic (exact) mass is 229 g/mol. The summed E-state index contributed by atoms with van der Waals surface area (Å²) in [7, 11) is 1.41. The Balaban J connectivity index is 3.22. The highest BCUT2D eigenvalue weighted by molar-refractivity contribution is 5.77. The molecule has 0 aromatic rings. The zero-order valence-electron chi connectivity index (χ0n) is 10.5. The molecule has 0 aromatic heterocycles. The smallest absolute Gasteiger partial charge is 0.305 e. The van der Waals surface area contributed by atoms with Gasteiger partial charge in [-0.1, -0.05) is 26.7 Å². The van der Waals surface area contributed by atoms with Gasteiger partial charge in [-0.2, -0.15) is 0 Å². The van der Waals surface area contributed by atoms with Gasteiger partial charge in [-0.05, 0) is 12.8 Å². The predicted octanol–water partition coefficient (Wildman–Crippen LogP) is 1.88. The Bertz CT molecular complexity index is 214. The van der Waals surface area contributed by atoms with E-state index in [0.29, 0.717) is 6.42 Å². The number of unbranched alkanes of at least 4 members (excludes halogenated alkanes) is 3. The Morgan fingerprint density at radius 2 is 1.75 bits per heavy atom. The molecule has 94 valence electrons. The van der Waals surface area contributed by atoms with Crippen molar-refractivity contribution in [3.63, 3.8) is 0 Å². The van der Waals surface area contributed by atoms with E-state index in [1.165, 1.54) is 7.11 Å². The lowest BCUT2D eigenvalue weighted by atomic mass is 10.1. The molecule has 0 saturated carbocycles. The second kappa shape index (κ2) is 9.19. The van der Waals surface area contributed by atoms with Crippen molar-refractivity contribution < 1.29 is 14.3 Å². The minimum Gasteiger partial charge on any atom is -0.469 e. The fraction of sp³-hybridized carbons (Fsp3) is 0.833. The van der Waals surface area contributed by atoms with Crippen molar-refractivity contribution in [1.82, 2.24) is 5.32 Å². The minimum atomic E-state index is -0.145. The average Bonchev–Trinajstić information content (AvgIpc) is 2.26. The van der Waals surface area contributed by atoms with Gasteiger partial charge in [0.1, 0.15) is 0 Å². The fourth-order valence-corrected chi connectivity index (χ4v) is 1.27. The highest BCUT2D eigenvalue weighted by atomic mass is 16.5. The SMILES string of the molecule is COC(=O)CCCCCCNC(=O)C(C)C. The van der Waals surface area contributed by atoms with Crippen LogP contribution in [0.3, 0.4) is 0 Å². The molecule has 0 heterocycles. The molecule has 0 unspecified atom stereocenters. The quantitative estimate of drug-likeness (QED) is 0.510. The molecule has 0 aromatic carbocycles. The number of rotatable bonds is 8. The molecule has 0 aliphatic carbocycles. The standard InChI is InChI=1S/C12H23NO3/c1-10(2)12(15)13-9-7-5-4-6-8-11(14)16-3/h10H,4-9H2,1-3H3,(H,13,15). The number of ether oxygens (including phenoxy) is 1. The first kappa shape index (κ1) is 14.9. The normalized spacial score (nSPS) is 10.2. The topological polar surface area (TPSA) is 55.4 Å². The van der Waals surface area contributed by atoms with Crippen LogP contribution in [0.4, 0.5) is 0 Å². The number of hydrogen-bond donors (Lipinski definition) is 1. The molecular formula is C12H23NO3. The Labute approximate surface area is 97.7 Å². The molecular weight excluding hydrogens is 206 g/mol. The lowest BCUT2D eigenvalue weighted by Gasteiger charge is -2.07. The molecule has 16 heavy (non-hydrogen) atoms. The van der Waals surface area contributed by atoms with E-state index in [1.54, 1.807) is 0 Å². The maximum atomic E-state index is 11.2. The third-order valence-electron chi connectivity index (χ3n) is 2.36. The largest absolute Gasteiger partial charge is 0.469 e. The van der Waals surface area contributed by atoms with Crippen molar-refractivity contribution in [3.05, 3.63) is 0 Å². The van der Waals surface area contributed by atoms with E-state index < -0.39 is 0 Å². The second-order valence-corrected chi connectivity index (χ2v) is 4.19. The van der Waals surface area contributed by atoms with Crippen molar-refractivity contribution in [3.8, 4) is 0 Å². The van der Waals surface area contributed by atoms with E-state index in [9.17, 15) is 9.59 Å². The van der Waals surface area contributed by atoms with Crippen molar-refractivity contribution in [2.45, 2.75) is 46.0 Å². The van der Waals surface area contributed by atoms with Crippen LogP contribution in [0.1, 0.15) is 46.0 Å². The molecule has 0 rings (SSSR count). The summed E-state index contributed by atoms with van der Waals surface area (Å²) in [5.41, 5.74) is 0.